The number of hydrogen-bond acceptors (Lipinski definition) is 3. The first kappa shape index (κ1) is 17.0. The van der Waals surface area contributed by atoms with E-state index in [0.29, 0.717) is 13.0 Å². The Morgan fingerprint density at radius 2 is 1.90 bits per heavy atom. The number of carbonyl (C=O) groups excluding carboxylic acids is 1. The number of hydrogen-bond donors (Lipinski definition) is 2. The highest BCUT2D eigenvalue weighted by Gasteiger charge is 2.28. The van der Waals surface area contributed by atoms with Gasteiger partial charge in [0.25, 0.3) is 0 Å². The van der Waals surface area contributed by atoms with E-state index in [4.69, 9.17) is 10.9 Å². The van der Waals surface area contributed by atoms with Crippen LogP contribution < -0.4 is 5.73 Å². The first-order valence-corrected chi connectivity index (χ1v) is 7.01. The van der Waals surface area contributed by atoms with Crippen LogP contribution in [0.5, 0.6) is 0 Å². The summed E-state index contributed by atoms with van der Waals surface area (Å²) >= 11 is 0. The quantitative estimate of drug-likeness (QED) is 0.377. The fourth-order valence-electron chi connectivity index (χ4n) is 2.29. The van der Waals surface area contributed by atoms with Crippen molar-refractivity contribution in [3.05, 3.63) is 35.9 Å². The number of benzene rings is 1. The summed E-state index contributed by atoms with van der Waals surface area (Å²) in [7, 11) is 1.75. The van der Waals surface area contributed by atoms with Gasteiger partial charge >= 0.3 is 0 Å². The van der Waals surface area contributed by atoms with E-state index in [-0.39, 0.29) is 17.2 Å². The van der Waals surface area contributed by atoms with Crippen LogP contribution in [0.1, 0.15) is 26.3 Å². The van der Waals surface area contributed by atoms with E-state index in [9.17, 15) is 4.79 Å². The zero-order valence-electron chi connectivity index (χ0n) is 13.2. The van der Waals surface area contributed by atoms with E-state index in [1.54, 1.807) is 11.9 Å². The van der Waals surface area contributed by atoms with Gasteiger partial charge in [0.15, 0.2) is 5.84 Å². The molecule has 1 atom stereocenters. The zero-order valence-corrected chi connectivity index (χ0v) is 13.2. The third kappa shape index (κ3) is 5.45. The van der Waals surface area contributed by atoms with E-state index < -0.39 is 5.92 Å². The fraction of sp³-hybridized carbons (Fsp3) is 0.500. The van der Waals surface area contributed by atoms with Crippen LogP contribution >= 0.6 is 0 Å². The van der Waals surface area contributed by atoms with Gasteiger partial charge in [-0.05, 0) is 17.4 Å². The number of oxime groups is 1. The number of nitrogens with two attached hydrogens (primary N) is 1. The summed E-state index contributed by atoms with van der Waals surface area (Å²) in [5.74, 6) is -0.835. The predicted molar refractivity (Wildman–Crippen MR) is 84.1 cm³/mol. The molecule has 3 N–H and O–H groups in total. The average molecular weight is 291 g/mol. The van der Waals surface area contributed by atoms with Crippen LogP contribution in [0.25, 0.3) is 0 Å². The molecule has 1 amide bonds. The highest BCUT2D eigenvalue weighted by atomic mass is 16.4. The number of carbonyl (C=O) groups is 1. The number of amidine groups is 1. The molecule has 1 aromatic rings. The van der Waals surface area contributed by atoms with Crippen molar-refractivity contribution in [3.63, 3.8) is 0 Å². The molecular formula is C16H25N3O2. The first-order valence-electron chi connectivity index (χ1n) is 7.01. The Morgan fingerprint density at radius 3 is 2.38 bits per heavy atom. The highest BCUT2D eigenvalue weighted by Crippen LogP contribution is 2.18. The molecule has 0 saturated carbocycles. The Labute approximate surface area is 126 Å². The van der Waals surface area contributed by atoms with Crippen molar-refractivity contribution < 1.29 is 10.0 Å². The molecular weight excluding hydrogens is 266 g/mol. The molecule has 0 aromatic heterocycles. The van der Waals surface area contributed by atoms with Gasteiger partial charge in [-0.2, -0.15) is 0 Å². The van der Waals surface area contributed by atoms with Crippen LogP contribution in [0.2, 0.25) is 0 Å². The Bertz CT molecular complexity index is 492. The van der Waals surface area contributed by atoms with E-state index in [2.05, 4.69) is 25.9 Å². The third-order valence-electron chi connectivity index (χ3n) is 3.14. The van der Waals surface area contributed by atoms with Gasteiger partial charge in [-0.25, -0.2) is 0 Å². The van der Waals surface area contributed by atoms with Crippen molar-refractivity contribution in [2.24, 2.45) is 22.2 Å². The maximum Gasteiger partial charge on any atom is 0.233 e. The first-order chi connectivity index (χ1) is 9.74. The van der Waals surface area contributed by atoms with Gasteiger partial charge in [-0.3, -0.25) is 4.79 Å². The van der Waals surface area contributed by atoms with Crippen LogP contribution in [0.3, 0.4) is 0 Å². The van der Waals surface area contributed by atoms with Crippen molar-refractivity contribution in [1.29, 1.82) is 0 Å². The van der Waals surface area contributed by atoms with Crippen molar-refractivity contribution in [2.75, 3.05) is 13.6 Å². The van der Waals surface area contributed by atoms with Crippen molar-refractivity contribution in [3.8, 4) is 0 Å². The Hall–Kier alpha value is -2.04. The molecule has 0 spiro atoms. The van der Waals surface area contributed by atoms with E-state index >= 15 is 0 Å². The van der Waals surface area contributed by atoms with Gasteiger partial charge in [0.05, 0.1) is 0 Å². The maximum absolute atomic E-state index is 12.6. The monoisotopic (exact) mass is 291 g/mol. The molecule has 0 radical (unpaired) electrons. The minimum absolute atomic E-state index is 0.00712. The van der Waals surface area contributed by atoms with E-state index in [0.717, 1.165) is 5.56 Å². The van der Waals surface area contributed by atoms with E-state index in [1.165, 1.54) is 0 Å². The lowest BCUT2D eigenvalue weighted by atomic mass is 9.93. The lowest BCUT2D eigenvalue weighted by Gasteiger charge is -2.29. The predicted octanol–water partition coefficient (Wildman–Crippen LogP) is 2.10. The minimum Gasteiger partial charge on any atom is -0.409 e. The van der Waals surface area contributed by atoms with E-state index in [1.807, 2.05) is 30.3 Å². The molecule has 0 heterocycles. The molecule has 0 fully saturated rings. The van der Waals surface area contributed by atoms with Crippen LogP contribution in [-0.2, 0) is 11.2 Å². The average Bonchev–Trinajstić information content (AvgIpc) is 2.42. The normalized spacial score (nSPS) is 13.8. The number of rotatable bonds is 5. The van der Waals surface area contributed by atoms with Crippen LogP contribution in [-0.4, -0.2) is 35.4 Å². The summed E-state index contributed by atoms with van der Waals surface area (Å²) in [5, 5.41) is 12.0. The second-order valence-electron chi connectivity index (χ2n) is 6.52. The van der Waals surface area contributed by atoms with Gasteiger partial charge in [0.1, 0.15) is 5.92 Å². The molecule has 1 rings (SSSR count). The minimum atomic E-state index is -0.648. The maximum atomic E-state index is 12.6. The highest BCUT2D eigenvalue weighted by molar-refractivity contribution is 6.02. The topological polar surface area (TPSA) is 78.9 Å². The summed E-state index contributed by atoms with van der Waals surface area (Å²) in [6.45, 7) is 6.79. The summed E-state index contributed by atoms with van der Waals surface area (Å²) in [4.78, 5) is 14.2. The van der Waals surface area contributed by atoms with Crippen molar-refractivity contribution >= 4 is 11.7 Å². The Balaban J connectivity index is 2.90. The van der Waals surface area contributed by atoms with Crippen LogP contribution in [0.4, 0.5) is 0 Å². The van der Waals surface area contributed by atoms with Gasteiger partial charge < -0.3 is 15.8 Å². The van der Waals surface area contributed by atoms with Gasteiger partial charge in [0.2, 0.25) is 5.91 Å². The lowest BCUT2D eigenvalue weighted by Crippen LogP contribution is -2.44. The molecule has 0 saturated heterocycles. The SMILES string of the molecule is CN(CC(C)(C)C)C(=O)C(Cc1ccccc1)C(N)=NO. The molecule has 0 aliphatic heterocycles. The van der Waals surface area contributed by atoms with Crippen molar-refractivity contribution in [1.82, 2.24) is 4.90 Å². The second-order valence-corrected chi connectivity index (χ2v) is 6.52. The van der Waals surface area contributed by atoms with Crippen LogP contribution in [0.15, 0.2) is 35.5 Å². The van der Waals surface area contributed by atoms with Crippen molar-refractivity contribution in [2.45, 2.75) is 27.2 Å². The largest absolute Gasteiger partial charge is 0.409 e. The van der Waals surface area contributed by atoms with Gasteiger partial charge in [-0.1, -0.05) is 56.3 Å². The standard InChI is InChI=1S/C16H25N3O2/c1-16(2,3)11-19(4)15(20)13(14(17)18-21)10-12-8-6-5-7-9-12/h5-9,13,21H,10-11H2,1-4H3,(H2,17,18). The molecule has 0 bridgehead atoms. The van der Waals surface area contributed by atoms with Gasteiger partial charge in [-0.15, -0.1) is 0 Å². The summed E-state index contributed by atoms with van der Waals surface area (Å²) in [5.41, 5.74) is 6.69. The lowest BCUT2D eigenvalue weighted by molar-refractivity contribution is -0.133. The third-order valence-corrected chi connectivity index (χ3v) is 3.14. The molecule has 21 heavy (non-hydrogen) atoms. The Morgan fingerprint density at radius 1 is 1.33 bits per heavy atom. The molecule has 1 unspecified atom stereocenters. The Kier molecular flexibility index (Phi) is 5.76. The smallest absolute Gasteiger partial charge is 0.233 e. The molecule has 0 aliphatic rings. The number of amides is 1. The molecule has 1 aromatic carbocycles. The molecule has 116 valence electrons. The molecule has 0 aliphatic carbocycles. The fourth-order valence-corrected chi connectivity index (χ4v) is 2.29. The molecule has 5 heteroatoms. The number of nitrogens with zero attached hydrogens (tertiary/aromatic N) is 2. The van der Waals surface area contributed by atoms with Gasteiger partial charge in [0, 0.05) is 13.6 Å². The van der Waals surface area contributed by atoms with Crippen LogP contribution in [0, 0.1) is 11.3 Å². The summed E-state index contributed by atoms with van der Waals surface area (Å²) < 4.78 is 0. The molecule has 5 nitrogen and oxygen atoms in total. The summed E-state index contributed by atoms with van der Waals surface area (Å²) in [6, 6.07) is 9.57. The zero-order chi connectivity index (χ0) is 16.0. The summed E-state index contributed by atoms with van der Waals surface area (Å²) in [6.07, 6.45) is 0.421. The second kappa shape index (κ2) is 7.11.